The minimum atomic E-state index is 0.579. The third kappa shape index (κ3) is 11.6. The molecule has 1 rings (SSSR count). The average molecular weight is 301 g/mol. The molecule has 0 spiro atoms. The van der Waals surface area contributed by atoms with Crippen LogP contribution in [0.5, 0.6) is 0 Å². The second-order valence-electron chi connectivity index (χ2n) is 4.54. The summed E-state index contributed by atoms with van der Waals surface area (Å²) in [7, 11) is 0. The first kappa shape index (κ1) is 18.4. The first-order valence-corrected chi connectivity index (χ1v) is 7.48. The van der Waals surface area contributed by atoms with E-state index < -0.39 is 0 Å². The molecule has 0 aromatic carbocycles. The number of nitrogens with zero attached hydrogens (tertiary/aromatic N) is 1. The molecule has 21 heavy (non-hydrogen) atoms. The normalized spacial score (nSPS) is 22.8. The van der Waals surface area contributed by atoms with Gasteiger partial charge in [0.2, 0.25) is 0 Å². The molecule has 0 aromatic rings. The second-order valence-corrected chi connectivity index (χ2v) is 4.54. The summed E-state index contributed by atoms with van der Waals surface area (Å²) in [4.78, 5) is 2.14. The van der Waals surface area contributed by atoms with E-state index in [2.05, 4.69) is 10.8 Å². The van der Waals surface area contributed by atoms with Crippen molar-refractivity contribution in [1.82, 2.24) is 4.90 Å². The van der Waals surface area contributed by atoms with E-state index in [1.54, 1.807) is 0 Å². The first-order chi connectivity index (χ1) is 10.4. The van der Waals surface area contributed by atoms with E-state index in [0.717, 1.165) is 13.1 Å². The van der Waals surface area contributed by atoms with Crippen molar-refractivity contribution in [2.45, 2.75) is 0 Å². The summed E-state index contributed by atoms with van der Waals surface area (Å²) in [6.45, 7) is 8.15. The Morgan fingerprint density at radius 1 is 0.619 bits per heavy atom. The van der Waals surface area contributed by atoms with Crippen molar-refractivity contribution >= 4 is 0 Å². The van der Waals surface area contributed by atoms with Crippen LogP contribution >= 0.6 is 0 Å². The fourth-order valence-corrected chi connectivity index (χ4v) is 1.77. The van der Waals surface area contributed by atoms with Crippen LogP contribution in [0.4, 0.5) is 0 Å². The van der Waals surface area contributed by atoms with Crippen molar-refractivity contribution in [2.24, 2.45) is 0 Å². The van der Waals surface area contributed by atoms with Crippen molar-refractivity contribution in [3.63, 3.8) is 0 Å². The molecule has 1 aliphatic heterocycles. The van der Waals surface area contributed by atoms with Crippen molar-refractivity contribution in [3.05, 3.63) is 0 Å². The lowest BCUT2D eigenvalue weighted by atomic mass is 10.4. The van der Waals surface area contributed by atoms with Crippen LogP contribution in [0.25, 0.3) is 0 Å². The maximum Gasteiger partial charge on any atom is 0.0701 e. The van der Waals surface area contributed by atoms with Gasteiger partial charge in [-0.05, 0) is 0 Å². The Balaban J connectivity index is 2.20. The predicted octanol–water partition coefficient (Wildman–Crippen LogP) is 0.0182. The molecule has 1 saturated heterocycles. The molecule has 1 aliphatic rings. The van der Waals surface area contributed by atoms with Crippen LogP contribution in [0.2, 0.25) is 0 Å². The fourth-order valence-electron chi connectivity index (χ4n) is 1.77. The van der Waals surface area contributed by atoms with Crippen molar-refractivity contribution in [2.75, 3.05) is 85.7 Å². The third-order valence-electron chi connectivity index (χ3n) is 2.91. The van der Waals surface area contributed by atoms with Crippen LogP contribution in [-0.4, -0.2) is 90.6 Å². The molecule has 0 saturated carbocycles. The Labute approximate surface area is 127 Å². The van der Waals surface area contributed by atoms with Gasteiger partial charge in [-0.2, -0.15) is 0 Å². The molecule has 0 amide bonds. The molecular formula is C15H27NO5. The summed E-state index contributed by atoms with van der Waals surface area (Å²) in [5.74, 6) is 2.66. The lowest BCUT2D eigenvalue weighted by molar-refractivity contribution is -0.0178. The van der Waals surface area contributed by atoms with E-state index in [-0.39, 0.29) is 0 Å². The molecular weight excluding hydrogens is 274 g/mol. The molecule has 6 heteroatoms. The van der Waals surface area contributed by atoms with Gasteiger partial charge < -0.3 is 23.7 Å². The molecule has 1 fully saturated rings. The highest BCUT2D eigenvalue weighted by Gasteiger charge is 2.03. The quantitative estimate of drug-likeness (QED) is 0.636. The van der Waals surface area contributed by atoms with Crippen LogP contribution in [-0.2, 0) is 23.7 Å². The van der Waals surface area contributed by atoms with Gasteiger partial charge in [-0.1, -0.05) is 5.92 Å². The summed E-state index contributed by atoms with van der Waals surface area (Å²) in [5, 5.41) is 0. The van der Waals surface area contributed by atoms with E-state index in [4.69, 9.17) is 30.1 Å². The largest absolute Gasteiger partial charge is 0.378 e. The Bertz CT molecular complexity index is 251. The minimum Gasteiger partial charge on any atom is -0.378 e. The van der Waals surface area contributed by atoms with E-state index in [9.17, 15) is 0 Å². The molecule has 1 heterocycles. The van der Waals surface area contributed by atoms with Crippen LogP contribution in [0.15, 0.2) is 0 Å². The van der Waals surface area contributed by atoms with Crippen molar-refractivity contribution in [1.29, 1.82) is 0 Å². The van der Waals surface area contributed by atoms with Gasteiger partial charge in [-0.25, -0.2) is 0 Å². The Hall–Kier alpha value is -0.680. The van der Waals surface area contributed by atoms with Gasteiger partial charge in [0.15, 0.2) is 0 Å². The maximum atomic E-state index is 5.52. The summed E-state index contributed by atoms with van der Waals surface area (Å²) in [6, 6.07) is 0. The average Bonchev–Trinajstić information content (AvgIpc) is 2.49. The molecule has 0 unspecified atom stereocenters. The third-order valence-corrected chi connectivity index (χ3v) is 2.91. The second kappa shape index (κ2) is 14.3. The molecule has 6 nitrogen and oxygen atoms in total. The van der Waals surface area contributed by atoms with Gasteiger partial charge in [0.05, 0.1) is 72.6 Å². The lowest BCUT2D eigenvalue weighted by Crippen LogP contribution is -2.32. The molecule has 0 aliphatic carbocycles. The van der Waals surface area contributed by atoms with E-state index in [0.29, 0.717) is 72.6 Å². The lowest BCUT2D eigenvalue weighted by Gasteiger charge is -2.19. The zero-order chi connectivity index (χ0) is 15.0. The number of ether oxygens (including phenoxy) is 5. The molecule has 0 radical (unpaired) electrons. The van der Waals surface area contributed by atoms with E-state index in [1.807, 2.05) is 0 Å². The van der Waals surface area contributed by atoms with Gasteiger partial charge in [0.1, 0.15) is 0 Å². The number of hydrogen-bond acceptors (Lipinski definition) is 6. The fraction of sp³-hybridized carbons (Fsp3) is 0.867. The predicted molar refractivity (Wildman–Crippen MR) is 79.4 cm³/mol. The summed E-state index contributed by atoms with van der Waals surface area (Å²) >= 11 is 0. The highest BCUT2D eigenvalue weighted by atomic mass is 16.6. The number of terminal acetylenes is 1. The van der Waals surface area contributed by atoms with Gasteiger partial charge in [-0.3, -0.25) is 4.90 Å². The Kier molecular flexibility index (Phi) is 12.5. The minimum absolute atomic E-state index is 0.579. The topological polar surface area (TPSA) is 49.4 Å². The Morgan fingerprint density at radius 2 is 0.952 bits per heavy atom. The standard InChI is InChI=1S/C15H27NO5/c1-2-3-16-4-6-17-8-10-19-12-14-21-15-13-20-11-9-18-7-5-16/h1H,3-15H2. The molecule has 0 atom stereocenters. The first-order valence-electron chi connectivity index (χ1n) is 7.48. The maximum absolute atomic E-state index is 5.52. The van der Waals surface area contributed by atoms with Gasteiger partial charge in [0, 0.05) is 13.1 Å². The van der Waals surface area contributed by atoms with E-state index >= 15 is 0 Å². The van der Waals surface area contributed by atoms with Gasteiger partial charge in [0.25, 0.3) is 0 Å². The SMILES string of the molecule is C#CCN1CCOCCOCCOCCOCCOCC1. The molecule has 0 N–H and O–H groups in total. The molecule has 122 valence electrons. The highest BCUT2D eigenvalue weighted by Crippen LogP contribution is 1.91. The van der Waals surface area contributed by atoms with Crippen LogP contribution < -0.4 is 0 Å². The Morgan fingerprint density at radius 3 is 1.29 bits per heavy atom. The molecule has 0 aromatic heterocycles. The van der Waals surface area contributed by atoms with Crippen LogP contribution in [0.1, 0.15) is 0 Å². The summed E-state index contributed by atoms with van der Waals surface area (Å²) < 4.78 is 27.2. The van der Waals surface area contributed by atoms with Crippen LogP contribution in [0.3, 0.4) is 0 Å². The van der Waals surface area contributed by atoms with Gasteiger partial charge >= 0.3 is 0 Å². The van der Waals surface area contributed by atoms with Crippen LogP contribution in [0, 0.1) is 12.3 Å². The number of hydrogen-bond donors (Lipinski definition) is 0. The van der Waals surface area contributed by atoms with Gasteiger partial charge in [-0.15, -0.1) is 6.42 Å². The zero-order valence-electron chi connectivity index (χ0n) is 12.8. The van der Waals surface area contributed by atoms with E-state index in [1.165, 1.54) is 0 Å². The monoisotopic (exact) mass is 301 g/mol. The van der Waals surface area contributed by atoms with Crippen molar-refractivity contribution < 1.29 is 23.7 Å². The highest BCUT2D eigenvalue weighted by molar-refractivity contribution is 4.88. The summed E-state index contributed by atoms with van der Waals surface area (Å²) in [6.07, 6.45) is 5.37. The smallest absolute Gasteiger partial charge is 0.0701 e. The zero-order valence-corrected chi connectivity index (χ0v) is 12.8. The van der Waals surface area contributed by atoms with Crippen molar-refractivity contribution in [3.8, 4) is 12.3 Å². The summed E-state index contributed by atoms with van der Waals surface area (Å²) in [5.41, 5.74) is 0. The molecule has 0 bridgehead atoms. The number of rotatable bonds is 1.